The summed E-state index contributed by atoms with van der Waals surface area (Å²) in [5.74, 6) is 2.82. The zero-order valence-electron chi connectivity index (χ0n) is 13.1. The first-order chi connectivity index (χ1) is 10.6. The Labute approximate surface area is 130 Å². The molecule has 0 amide bonds. The zero-order valence-corrected chi connectivity index (χ0v) is 13.1. The number of benzene rings is 2. The van der Waals surface area contributed by atoms with Gasteiger partial charge in [0.05, 0.1) is 14.2 Å². The molecule has 2 rings (SSSR count). The van der Waals surface area contributed by atoms with Gasteiger partial charge in [-0.1, -0.05) is 0 Å². The highest BCUT2D eigenvalue weighted by molar-refractivity contribution is 5.49. The molecule has 5 nitrogen and oxygen atoms in total. The highest BCUT2D eigenvalue weighted by Crippen LogP contribution is 2.27. The molecule has 2 N–H and O–H groups in total. The molecule has 0 radical (unpaired) electrons. The van der Waals surface area contributed by atoms with Gasteiger partial charge in [0, 0.05) is 23.9 Å². The van der Waals surface area contributed by atoms with Crippen LogP contribution in [0.15, 0.2) is 36.4 Å². The van der Waals surface area contributed by atoms with E-state index in [0.717, 1.165) is 17.0 Å². The second-order valence-corrected chi connectivity index (χ2v) is 4.76. The Hall–Kier alpha value is -2.56. The maximum atomic E-state index is 5.77. The number of methoxy groups -OCH3 is 2. The smallest absolute Gasteiger partial charge is 0.126 e. The normalized spacial score (nSPS) is 10.1. The van der Waals surface area contributed by atoms with Crippen LogP contribution in [0.2, 0.25) is 0 Å². The molecule has 0 saturated heterocycles. The predicted octanol–water partition coefficient (Wildman–Crippen LogP) is 3.05. The third-order valence-corrected chi connectivity index (χ3v) is 3.19. The predicted molar refractivity (Wildman–Crippen MR) is 86.1 cm³/mol. The summed E-state index contributed by atoms with van der Waals surface area (Å²) >= 11 is 0. The molecule has 2 aromatic carbocycles. The second-order valence-electron chi connectivity index (χ2n) is 4.76. The summed E-state index contributed by atoms with van der Waals surface area (Å²) in [5.41, 5.74) is 7.52. The Morgan fingerprint density at radius 3 is 1.86 bits per heavy atom. The van der Waals surface area contributed by atoms with Crippen molar-refractivity contribution in [3.05, 3.63) is 42.0 Å². The fourth-order valence-electron chi connectivity index (χ4n) is 1.92. The lowest BCUT2D eigenvalue weighted by Crippen LogP contribution is -2.09. The number of hydrogen-bond acceptors (Lipinski definition) is 5. The Balaban J connectivity index is 1.87. The molecular weight excluding hydrogens is 282 g/mol. The largest absolute Gasteiger partial charge is 0.496 e. The third-order valence-electron chi connectivity index (χ3n) is 3.19. The van der Waals surface area contributed by atoms with Crippen LogP contribution in [0, 0.1) is 6.92 Å². The zero-order chi connectivity index (χ0) is 15.9. The van der Waals surface area contributed by atoms with Gasteiger partial charge < -0.3 is 24.7 Å². The van der Waals surface area contributed by atoms with Gasteiger partial charge in [-0.25, -0.2) is 0 Å². The second kappa shape index (κ2) is 7.45. The summed E-state index contributed by atoms with van der Waals surface area (Å²) in [5, 5.41) is 0. The molecule has 0 fully saturated rings. The molecule has 118 valence electrons. The van der Waals surface area contributed by atoms with Crippen molar-refractivity contribution in [3.8, 4) is 23.0 Å². The standard InChI is InChI=1S/C17H21NO4/c1-12-8-13(4-5-17(12)18)21-6-7-22-16-10-14(19-2)9-15(11-16)20-3/h4-5,8-11H,6-7,18H2,1-3H3. The molecular formula is C17H21NO4. The fourth-order valence-corrected chi connectivity index (χ4v) is 1.92. The van der Waals surface area contributed by atoms with Crippen molar-refractivity contribution in [3.63, 3.8) is 0 Å². The van der Waals surface area contributed by atoms with E-state index in [1.54, 1.807) is 32.4 Å². The van der Waals surface area contributed by atoms with Gasteiger partial charge in [0.2, 0.25) is 0 Å². The van der Waals surface area contributed by atoms with Crippen LogP contribution >= 0.6 is 0 Å². The van der Waals surface area contributed by atoms with Gasteiger partial charge in [0.25, 0.3) is 0 Å². The van der Waals surface area contributed by atoms with E-state index in [2.05, 4.69) is 0 Å². The van der Waals surface area contributed by atoms with Crippen LogP contribution in [-0.2, 0) is 0 Å². The van der Waals surface area contributed by atoms with E-state index in [1.807, 2.05) is 25.1 Å². The molecule has 22 heavy (non-hydrogen) atoms. The lowest BCUT2D eigenvalue weighted by molar-refractivity contribution is 0.216. The first-order valence-electron chi connectivity index (χ1n) is 6.97. The van der Waals surface area contributed by atoms with Crippen molar-refractivity contribution in [2.24, 2.45) is 0 Å². The van der Waals surface area contributed by atoms with Gasteiger partial charge in [-0.15, -0.1) is 0 Å². The Morgan fingerprint density at radius 2 is 1.32 bits per heavy atom. The number of nitrogens with two attached hydrogens (primary N) is 1. The Bertz CT molecular complexity index is 606. The van der Waals surface area contributed by atoms with E-state index in [1.165, 1.54) is 0 Å². The molecule has 0 bridgehead atoms. The van der Waals surface area contributed by atoms with Crippen LogP contribution in [0.25, 0.3) is 0 Å². The van der Waals surface area contributed by atoms with Gasteiger partial charge >= 0.3 is 0 Å². The molecule has 0 saturated carbocycles. The van der Waals surface area contributed by atoms with Crippen LogP contribution in [0.4, 0.5) is 5.69 Å². The summed E-state index contributed by atoms with van der Waals surface area (Å²) in [6.07, 6.45) is 0. The van der Waals surface area contributed by atoms with E-state index in [9.17, 15) is 0 Å². The molecule has 5 heteroatoms. The fraction of sp³-hybridized carbons (Fsp3) is 0.294. The molecule has 0 spiro atoms. The van der Waals surface area contributed by atoms with Crippen LogP contribution in [0.1, 0.15) is 5.56 Å². The summed E-state index contributed by atoms with van der Waals surface area (Å²) in [6.45, 7) is 2.80. The van der Waals surface area contributed by atoms with Gasteiger partial charge in [-0.2, -0.15) is 0 Å². The minimum absolute atomic E-state index is 0.416. The van der Waals surface area contributed by atoms with Crippen LogP contribution in [0.5, 0.6) is 23.0 Å². The van der Waals surface area contributed by atoms with E-state index >= 15 is 0 Å². The number of aryl methyl sites for hydroxylation is 1. The lowest BCUT2D eigenvalue weighted by atomic mass is 10.2. The molecule has 0 aromatic heterocycles. The van der Waals surface area contributed by atoms with Crippen LogP contribution in [0.3, 0.4) is 0 Å². The first-order valence-corrected chi connectivity index (χ1v) is 6.97. The van der Waals surface area contributed by atoms with Crippen molar-refractivity contribution in [2.45, 2.75) is 6.92 Å². The van der Waals surface area contributed by atoms with Gasteiger partial charge in [0.15, 0.2) is 0 Å². The molecule has 0 aliphatic carbocycles. The number of anilines is 1. The maximum absolute atomic E-state index is 5.77. The van der Waals surface area contributed by atoms with E-state index in [0.29, 0.717) is 30.5 Å². The van der Waals surface area contributed by atoms with Crippen LogP contribution < -0.4 is 24.7 Å². The third kappa shape index (κ3) is 4.22. The lowest BCUT2D eigenvalue weighted by Gasteiger charge is -2.11. The topological polar surface area (TPSA) is 62.9 Å². The van der Waals surface area contributed by atoms with Crippen LogP contribution in [-0.4, -0.2) is 27.4 Å². The minimum atomic E-state index is 0.416. The summed E-state index contributed by atoms with van der Waals surface area (Å²) in [4.78, 5) is 0. The molecule has 0 aliphatic rings. The van der Waals surface area contributed by atoms with Crippen molar-refractivity contribution in [2.75, 3.05) is 33.2 Å². The van der Waals surface area contributed by atoms with Crippen molar-refractivity contribution >= 4 is 5.69 Å². The average molecular weight is 303 g/mol. The molecule has 0 atom stereocenters. The van der Waals surface area contributed by atoms with Crippen molar-refractivity contribution < 1.29 is 18.9 Å². The first kappa shape index (κ1) is 15.8. The highest BCUT2D eigenvalue weighted by Gasteiger charge is 2.03. The minimum Gasteiger partial charge on any atom is -0.496 e. The number of ether oxygens (including phenoxy) is 4. The Kier molecular flexibility index (Phi) is 5.36. The van der Waals surface area contributed by atoms with E-state index < -0.39 is 0 Å². The molecule has 0 unspecified atom stereocenters. The van der Waals surface area contributed by atoms with Crippen molar-refractivity contribution in [1.82, 2.24) is 0 Å². The Morgan fingerprint density at radius 1 is 0.773 bits per heavy atom. The molecule has 0 aliphatic heterocycles. The van der Waals surface area contributed by atoms with Gasteiger partial charge in [-0.05, 0) is 30.7 Å². The quantitative estimate of drug-likeness (QED) is 0.629. The summed E-state index contributed by atoms with van der Waals surface area (Å²) in [6, 6.07) is 11.0. The SMILES string of the molecule is COc1cc(OC)cc(OCCOc2ccc(N)c(C)c2)c1. The van der Waals surface area contributed by atoms with Gasteiger partial charge in [-0.3, -0.25) is 0 Å². The monoisotopic (exact) mass is 303 g/mol. The molecule has 0 heterocycles. The number of hydrogen-bond donors (Lipinski definition) is 1. The van der Waals surface area contributed by atoms with Gasteiger partial charge in [0.1, 0.15) is 36.2 Å². The molecule has 2 aromatic rings. The number of rotatable bonds is 7. The van der Waals surface area contributed by atoms with E-state index in [-0.39, 0.29) is 0 Å². The van der Waals surface area contributed by atoms with E-state index in [4.69, 9.17) is 24.7 Å². The summed E-state index contributed by atoms with van der Waals surface area (Å²) < 4.78 is 21.7. The maximum Gasteiger partial charge on any atom is 0.126 e. The number of nitrogen functional groups attached to an aromatic ring is 1. The summed E-state index contributed by atoms with van der Waals surface area (Å²) in [7, 11) is 3.20. The highest BCUT2D eigenvalue weighted by atomic mass is 16.5. The average Bonchev–Trinajstić information content (AvgIpc) is 2.54. The van der Waals surface area contributed by atoms with Crippen molar-refractivity contribution in [1.29, 1.82) is 0 Å².